The van der Waals surface area contributed by atoms with Gasteiger partial charge >= 0.3 is 0 Å². The van der Waals surface area contributed by atoms with Gasteiger partial charge in [-0.3, -0.25) is 0 Å². The maximum absolute atomic E-state index is 5.92. The van der Waals surface area contributed by atoms with Crippen molar-refractivity contribution in [1.29, 1.82) is 0 Å². The molecule has 2 aromatic rings. The van der Waals surface area contributed by atoms with Crippen LogP contribution in [0.3, 0.4) is 0 Å². The van der Waals surface area contributed by atoms with Gasteiger partial charge in [-0.25, -0.2) is 0 Å². The van der Waals surface area contributed by atoms with Crippen LogP contribution in [0.1, 0.15) is 23.3 Å². The molecule has 0 aliphatic heterocycles. The fraction of sp³-hybridized carbons (Fsp3) is 0.250. The average molecular weight is 311 g/mol. The first-order valence-electron chi connectivity index (χ1n) is 6.22. The van der Waals surface area contributed by atoms with Crippen LogP contribution in [0.2, 0.25) is 10.0 Å². The van der Waals surface area contributed by atoms with Crippen molar-refractivity contribution in [2.45, 2.75) is 12.2 Å². The van der Waals surface area contributed by atoms with E-state index in [9.17, 15) is 0 Å². The summed E-state index contributed by atoms with van der Waals surface area (Å²) in [5, 5.41) is 1.40. The Labute approximate surface area is 129 Å². The minimum atomic E-state index is -0.210. The Balaban J connectivity index is 2.32. The number of benzene rings is 2. The smallest absolute Gasteiger partial charge is 0.112 e. The SMILES string of the molecule is COC(c1ccc(Cl)cc1)C(OC)c1ccc(Cl)cc1. The molecule has 0 radical (unpaired) electrons. The molecular weight excluding hydrogens is 295 g/mol. The molecular formula is C16H16Cl2O2. The topological polar surface area (TPSA) is 18.5 Å². The summed E-state index contributed by atoms with van der Waals surface area (Å²) in [5.74, 6) is 0. The Morgan fingerprint density at radius 1 is 0.650 bits per heavy atom. The third-order valence-corrected chi connectivity index (χ3v) is 3.68. The number of ether oxygens (including phenoxy) is 2. The molecule has 0 N–H and O–H groups in total. The molecule has 0 saturated carbocycles. The first kappa shape index (κ1) is 15.3. The quantitative estimate of drug-likeness (QED) is 0.767. The van der Waals surface area contributed by atoms with Crippen LogP contribution in [0.4, 0.5) is 0 Å². The average Bonchev–Trinajstić information content (AvgIpc) is 2.47. The maximum Gasteiger partial charge on any atom is 0.112 e. The van der Waals surface area contributed by atoms with Gasteiger partial charge in [0.15, 0.2) is 0 Å². The van der Waals surface area contributed by atoms with E-state index >= 15 is 0 Å². The number of methoxy groups -OCH3 is 2. The van der Waals surface area contributed by atoms with Gasteiger partial charge in [-0.1, -0.05) is 47.5 Å². The molecule has 106 valence electrons. The highest BCUT2D eigenvalue weighted by Crippen LogP contribution is 2.35. The molecule has 0 aliphatic carbocycles. The van der Waals surface area contributed by atoms with Crippen molar-refractivity contribution in [3.05, 3.63) is 69.7 Å². The summed E-state index contributed by atoms with van der Waals surface area (Å²) in [7, 11) is 3.34. The predicted octanol–water partition coefficient (Wildman–Crippen LogP) is 5.07. The molecule has 0 amide bonds. The lowest BCUT2D eigenvalue weighted by molar-refractivity contribution is -0.0397. The highest BCUT2D eigenvalue weighted by atomic mass is 35.5. The van der Waals surface area contributed by atoms with Crippen molar-refractivity contribution in [3.8, 4) is 0 Å². The second-order valence-corrected chi connectivity index (χ2v) is 5.29. The van der Waals surface area contributed by atoms with E-state index in [1.165, 1.54) is 0 Å². The van der Waals surface area contributed by atoms with E-state index in [1.54, 1.807) is 14.2 Å². The van der Waals surface area contributed by atoms with Crippen molar-refractivity contribution in [2.24, 2.45) is 0 Å². The molecule has 2 aromatic carbocycles. The van der Waals surface area contributed by atoms with Gasteiger partial charge in [0.2, 0.25) is 0 Å². The van der Waals surface area contributed by atoms with Crippen molar-refractivity contribution in [3.63, 3.8) is 0 Å². The van der Waals surface area contributed by atoms with E-state index in [4.69, 9.17) is 32.7 Å². The van der Waals surface area contributed by atoms with Crippen LogP contribution in [-0.2, 0) is 9.47 Å². The second kappa shape index (κ2) is 7.09. The molecule has 0 spiro atoms. The second-order valence-electron chi connectivity index (χ2n) is 4.42. The van der Waals surface area contributed by atoms with Gasteiger partial charge in [-0.15, -0.1) is 0 Å². The lowest BCUT2D eigenvalue weighted by Crippen LogP contribution is -2.15. The van der Waals surface area contributed by atoms with E-state index in [2.05, 4.69) is 0 Å². The number of halogens is 2. The van der Waals surface area contributed by atoms with Crippen LogP contribution in [-0.4, -0.2) is 14.2 Å². The number of hydrogen-bond acceptors (Lipinski definition) is 2. The predicted molar refractivity (Wildman–Crippen MR) is 82.4 cm³/mol. The van der Waals surface area contributed by atoms with E-state index < -0.39 is 0 Å². The zero-order chi connectivity index (χ0) is 14.5. The fourth-order valence-electron chi connectivity index (χ4n) is 2.17. The largest absolute Gasteiger partial charge is 0.374 e. The van der Waals surface area contributed by atoms with E-state index in [0.717, 1.165) is 11.1 Å². The molecule has 0 aromatic heterocycles. The molecule has 0 aliphatic rings. The minimum Gasteiger partial charge on any atom is -0.374 e. The molecule has 0 saturated heterocycles. The first-order chi connectivity index (χ1) is 9.65. The third kappa shape index (κ3) is 3.53. The van der Waals surface area contributed by atoms with Gasteiger partial charge in [0.1, 0.15) is 12.2 Å². The monoisotopic (exact) mass is 310 g/mol. The van der Waals surface area contributed by atoms with Gasteiger partial charge in [-0.2, -0.15) is 0 Å². The molecule has 0 bridgehead atoms. The van der Waals surface area contributed by atoms with Crippen LogP contribution >= 0.6 is 23.2 Å². The third-order valence-electron chi connectivity index (χ3n) is 3.18. The number of hydrogen-bond donors (Lipinski definition) is 0. The molecule has 4 heteroatoms. The van der Waals surface area contributed by atoms with Gasteiger partial charge in [0.25, 0.3) is 0 Å². The molecule has 0 fully saturated rings. The highest BCUT2D eigenvalue weighted by molar-refractivity contribution is 6.30. The Kier molecular flexibility index (Phi) is 5.44. The van der Waals surface area contributed by atoms with Crippen LogP contribution in [0.25, 0.3) is 0 Å². The molecule has 2 unspecified atom stereocenters. The standard InChI is InChI=1S/C16H16Cl2O2/c1-19-15(11-3-7-13(17)8-4-11)16(20-2)12-5-9-14(18)10-6-12/h3-10,15-16H,1-2H3. The van der Waals surface area contributed by atoms with Crippen LogP contribution in [0.5, 0.6) is 0 Å². The molecule has 2 rings (SSSR count). The Bertz CT molecular complexity index is 486. The summed E-state index contributed by atoms with van der Waals surface area (Å²) < 4.78 is 11.2. The Hall–Kier alpha value is -1.06. The van der Waals surface area contributed by atoms with Crippen LogP contribution < -0.4 is 0 Å². The van der Waals surface area contributed by atoms with Crippen molar-refractivity contribution < 1.29 is 9.47 Å². The summed E-state index contributed by atoms with van der Waals surface area (Å²) in [6, 6.07) is 15.2. The zero-order valence-corrected chi connectivity index (χ0v) is 12.9. The Morgan fingerprint density at radius 2 is 0.950 bits per heavy atom. The first-order valence-corrected chi connectivity index (χ1v) is 6.98. The lowest BCUT2D eigenvalue weighted by atomic mass is 9.98. The number of rotatable bonds is 5. The van der Waals surface area contributed by atoms with Gasteiger partial charge in [0, 0.05) is 24.3 Å². The summed E-state index contributed by atoms with van der Waals surface area (Å²) in [5.41, 5.74) is 2.03. The Morgan fingerprint density at radius 3 is 1.20 bits per heavy atom. The maximum atomic E-state index is 5.92. The summed E-state index contributed by atoms with van der Waals surface area (Å²) in [4.78, 5) is 0. The van der Waals surface area contributed by atoms with Gasteiger partial charge < -0.3 is 9.47 Å². The summed E-state index contributed by atoms with van der Waals surface area (Å²) in [6.07, 6.45) is -0.420. The molecule has 2 atom stereocenters. The normalized spacial score (nSPS) is 14.0. The molecule has 20 heavy (non-hydrogen) atoms. The molecule has 2 nitrogen and oxygen atoms in total. The van der Waals surface area contributed by atoms with Crippen molar-refractivity contribution in [1.82, 2.24) is 0 Å². The fourth-order valence-corrected chi connectivity index (χ4v) is 2.43. The summed E-state index contributed by atoms with van der Waals surface area (Å²) in [6.45, 7) is 0. The van der Waals surface area contributed by atoms with Gasteiger partial charge in [0.05, 0.1) is 0 Å². The van der Waals surface area contributed by atoms with Gasteiger partial charge in [-0.05, 0) is 35.4 Å². The summed E-state index contributed by atoms with van der Waals surface area (Å²) >= 11 is 11.8. The van der Waals surface area contributed by atoms with Crippen LogP contribution in [0.15, 0.2) is 48.5 Å². The van der Waals surface area contributed by atoms with E-state index in [-0.39, 0.29) is 12.2 Å². The molecule has 0 heterocycles. The van der Waals surface area contributed by atoms with E-state index in [1.807, 2.05) is 48.5 Å². The van der Waals surface area contributed by atoms with Crippen molar-refractivity contribution >= 4 is 23.2 Å². The van der Waals surface area contributed by atoms with Crippen LogP contribution in [0, 0.1) is 0 Å². The highest BCUT2D eigenvalue weighted by Gasteiger charge is 2.24. The zero-order valence-electron chi connectivity index (χ0n) is 11.3. The lowest BCUT2D eigenvalue weighted by Gasteiger charge is -2.25. The van der Waals surface area contributed by atoms with Crippen molar-refractivity contribution in [2.75, 3.05) is 14.2 Å². The minimum absolute atomic E-state index is 0.210. The van der Waals surface area contributed by atoms with E-state index in [0.29, 0.717) is 10.0 Å².